The maximum Gasteiger partial charge on any atom is 0.303 e. The van der Waals surface area contributed by atoms with Crippen molar-refractivity contribution in [2.45, 2.75) is 69.9 Å². The van der Waals surface area contributed by atoms with Crippen LogP contribution in [0, 0.1) is 18.8 Å². The molecule has 150 valence electrons. The Morgan fingerprint density at radius 3 is 2.61 bits per heavy atom. The molecule has 0 heterocycles. The summed E-state index contributed by atoms with van der Waals surface area (Å²) in [5.41, 5.74) is 2.68. The van der Waals surface area contributed by atoms with E-state index in [0.29, 0.717) is 18.3 Å². The summed E-state index contributed by atoms with van der Waals surface area (Å²) < 4.78 is 0. The van der Waals surface area contributed by atoms with Gasteiger partial charge in [-0.3, -0.25) is 9.59 Å². The van der Waals surface area contributed by atoms with Crippen LogP contribution >= 0.6 is 0 Å². The van der Waals surface area contributed by atoms with Gasteiger partial charge >= 0.3 is 5.97 Å². The van der Waals surface area contributed by atoms with Gasteiger partial charge in [0.25, 0.3) is 0 Å². The predicted molar refractivity (Wildman–Crippen MR) is 106 cm³/mol. The van der Waals surface area contributed by atoms with E-state index >= 15 is 0 Å². The molecule has 0 saturated heterocycles. The van der Waals surface area contributed by atoms with Crippen LogP contribution in [0.1, 0.15) is 56.2 Å². The van der Waals surface area contributed by atoms with Crippen molar-refractivity contribution in [1.82, 2.24) is 5.32 Å². The minimum absolute atomic E-state index is 0.00473. The van der Waals surface area contributed by atoms with Crippen molar-refractivity contribution >= 4 is 11.9 Å². The molecule has 1 amide bonds. The number of carboxylic acids is 1. The number of benzene rings is 1. The quantitative estimate of drug-likeness (QED) is 0.659. The van der Waals surface area contributed by atoms with Gasteiger partial charge in [-0.2, -0.15) is 0 Å². The van der Waals surface area contributed by atoms with Crippen molar-refractivity contribution in [2.75, 3.05) is 0 Å². The maximum absolute atomic E-state index is 13.2. The minimum atomic E-state index is -0.819. The van der Waals surface area contributed by atoms with E-state index in [0.717, 1.165) is 41.5 Å². The molecule has 0 aromatic heterocycles. The second-order valence-electron chi connectivity index (χ2n) is 9.48. The van der Waals surface area contributed by atoms with Gasteiger partial charge in [-0.25, -0.2) is 0 Å². The Morgan fingerprint density at radius 2 is 2.00 bits per heavy atom. The van der Waals surface area contributed by atoms with Gasteiger partial charge in [-0.15, -0.1) is 0 Å². The highest BCUT2D eigenvalue weighted by Gasteiger charge is 2.58. The third kappa shape index (κ3) is 3.16. The number of rotatable bonds is 6. The lowest BCUT2D eigenvalue weighted by Crippen LogP contribution is -2.62. The first kappa shape index (κ1) is 19.2. The number of nitrogens with one attached hydrogen (secondary N) is 1. The minimum Gasteiger partial charge on any atom is -0.481 e. The molecule has 0 radical (unpaired) electrons. The van der Waals surface area contributed by atoms with E-state index in [4.69, 9.17) is 5.11 Å². The Bertz CT molecular complexity index is 871. The summed E-state index contributed by atoms with van der Waals surface area (Å²) in [6, 6.07) is 5.94. The number of amides is 1. The van der Waals surface area contributed by atoms with Crippen LogP contribution in [-0.4, -0.2) is 33.7 Å². The van der Waals surface area contributed by atoms with Crippen molar-refractivity contribution in [3.8, 4) is 0 Å². The van der Waals surface area contributed by atoms with Crippen molar-refractivity contribution in [3.05, 3.63) is 46.5 Å². The summed E-state index contributed by atoms with van der Waals surface area (Å²) in [6.45, 7) is 5.80. The van der Waals surface area contributed by atoms with Crippen LogP contribution < -0.4 is 5.32 Å². The summed E-state index contributed by atoms with van der Waals surface area (Å²) in [4.78, 5) is 24.1. The van der Waals surface area contributed by atoms with Crippen molar-refractivity contribution < 1.29 is 19.8 Å². The number of fused-ring (bicyclic) bond motifs is 1. The third-order valence-electron chi connectivity index (χ3n) is 6.97. The molecule has 3 saturated carbocycles. The summed E-state index contributed by atoms with van der Waals surface area (Å²) in [5, 5.41) is 22.7. The molecule has 5 heteroatoms. The highest BCUT2D eigenvalue weighted by atomic mass is 16.4. The molecule has 4 atom stereocenters. The average Bonchev–Trinajstić information content (AvgIpc) is 2.61. The van der Waals surface area contributed by atoms with Crippen LogP contribution in [0.5, 0.6) is 0 Å². The highest BCUT2D eigenvalue weighted by molar-refractivity contribution is 5.88. The zero-order valence-corrected chi connectivity index (χ0v) is 16.8. The Morgan fingerprint density at radius 1 is 1.25 bits per heavy atom. The number of aliphatic carboxylic acids is 1. The smallest absolute Gasteiger partial charge is 0.303 e. The summed E-state index contributed by atoms with van der Waals surface area (Å²) in [5.74, 6) is -0.0272. The monoisotopic (exact) mass is 383 g/mol. The third-order valence-corrected chi connectivity index (χ3v) is 6.97. The molecule has 1 unspecified atom stereocenters. The highest BCUT2D eigenvalue weighted by Crippen LogP contribution is 2.59. The molecular weight excluding hydrogens is 354 g/mol. The molecule has 3 N–H and O–H groups in total. The number of carboxylic acid groups (broad SMARTS) is 1. The zero-order valence-electron chi connectivity index (χ0n) is 16.8. The molecule has 4 bridgehead atoms. The second-order valence-corrected chi connectivity index (χ2v) is 9.48. The Kier molecular flexibility index (Phi) is 4.42. The summed E-state index contributed by atoms with van der Waals surface area (Å²) >= 11 is 0. The first-order chi connectivity index (χ1) is 13.1. The lowest BCUT2D eigenvalue weighted by atomic mass is 9.50. The fourth-order valence-electron chi connectivity index (χ4n) is 5.31. The van der Waals surface area contributed by atoms with Gasteiger partial charge in [0.15, 0.2) is 0 Å². The van der Waals surface area contributed by atoms with E-state index in [9.17, 15) is 14.7 Å². The molecular formula is C23H29NO4. The fourth-order valence-corrected chi connectivity index (χ4v) is 5.31. The van der Waals surface area contributed by atoms with Crippen LogP contribution in [-0.2, 0) is 21.4 Å². The van der Waals surface area contributed by atoms with Crippen molar-refractivity contribution in [3.63, 3.8) is 0 Å². The number of hydrogen-bond donors (Lipinski definition) is 3. The number of carbonyl (C=O) groups excluding carboxylic acids is 1. The van der Waals surface area contributed by atoms with Crippen LogP contribution in [0.3, 0.4) is 0 Å². The first-order valence-corrected chi connectivity index (χ1v) is 10.2. The Hall–Kier alpha value is -2.14. The van der Waals surface area contributed by atoms with E-state index in [1.165, 1.54) is 0 Å². The number of aryl methyl sites for hydroxylation is 2. The van der Waals surface area contributed by atoms with E-state index in [1.807, 2.05) is 39.0 Å². The van der Waals surface area contributed by atoms with Crippen LogP contribution in [0.15, 0.2) is 29.8 Å². The molecule has 5 nitrogen and oxygen atoms in total. The maximum atomic E-state index is 13.2. The van der Waals surface area contributed by atoms with Gasteiger partial charge in [-0.1, -0.05) is 29.8 Å². The van der Waals surface area contributed by atoms with Crippen molar-refractivity contribution in [1.29, 1.82) is 0 Å². The van der Waals surface area contributed by atoms with E-state index < -0.39 is 17.0 Å². The normalized spacial score (nSPS) is 30.4. The summed E-state index contributed by atoms with van der Waals surface area (Å²) in [6.07, 6.45) is 5.32. The van der Waals surface area contributed by atoms with Gasteiger partial charge in [0.2, 0.25) is 5.91 Å². The predicted octanol–water partition coefficient (Wildman–Crippen LogP) is 2.88. The van der Waals surface area contributed by atoms with E-state index in [1.54, 1.807) is 0 Å². The number of carbonyl (C=O) groups is 2. The van der Waals surface area contributed by atoms with Gasteiger partial charge in [0.05, 0.1) is 17.1 Å². The lowest BCUT2D eigenvalue weighted by molar-refractivity contribution is -0.137. The van der Waals surface area contributed by atoms with Crippen LogP contribution in [0.2, 0.25) is 0 Å². The zero-order chi connectivity index (χ0) is 20.3. The molecule has 6 rings (SSSR count). The van der Waals surface area contributed by atoms with E-state index in [2.05, 4.69) is 11.4 Å². The molecule has 28 heavy (non-hydrogen) atoms. The number of aliphatic hydroxyl groups is 1. The average molecular weight is 383 g/mol. The van der Waals surface area contributed by atoms with Crippen molar-refractivity contribution in [2.24, 2.45) is 11.8 Å². The molecule has 1 aromatic rings. The van der Waals surface area contributed by atoms with Gasteiger partial charge in [0, 0.05) is 6.42 Å². The Balaban J connectivity index is 1.51. The lowest BCUT2D eigenvalue weighted by Gasteiger charge is -2.59. The summed E-state index contributed by atoms with van der Waals surface area (Å²) in [7, 11) is 0. The largest absolute Gasteiger partial charge is 0.481 e. The molecule has 5 aliphatic carbocycles. The molecule has 0 spiro atoms. The fraction of sp³-hybridized carbons (Fsp3) is 0.565. The first-order valence-electron chi connectivity index (χ1n) is 10.2. The Labute approximate surface area is 165 Å². The van der Waals surface area contributed by atoms with Crippen LogP contribution in [0.4, 0.5) is 0 Å². The number of hydrogen-bond acceptors (Lipinski definition) is 3. The van der Waals surface area contributed by atoms with Gasteiger partial charge in [0.1, 0.15) is 0 Å². The van der Waals surface area contributed by atoms with E-state index in [-0.39, 0.29) is 18.4 Å². The SMILES string of the molecule is Cc1cc(CCC(=O)O)cc(C(C)(C)C(=O)N[C@H]2C=C3C4C[C@H]2C[C@]3(O)C4)c1. The standard InChI is InChI=1S/C23H29NO4/c1-13-6-14(4-5-20(25)26)8-17(7-13)22(2,3)21(27)24-19-10-18-15-9-16(19)12-23(18,28)11-15/h6-8,10,15-16,19,28H,4-5,9,11-12H2,1-3H3,(H,24,27)(H,25,26)/t15?,16-,19-,23+/m0/s1. The van der Waals surface area contributed by atoms with Crippen LogP contribution in [0.25, 0.3) is 0 Å². The molecule has 5 aliphatic rings. The van der Waals surface area contributed by atoms with Gasteiger partial charge < -0.3 is 15.5 Å². The topological polar surface area (TPSA) is 86.6 Å². The molecule has 1 aromatic carbocycles. The second kappa shape index (κ2) is 6.45. The molecule has 0 aliphatic heterocycles. The van der Waals surface area contributed by atoms with Gasteiger partial charge in [-0.05, 0) is 75.0 Å². The molecule has 3 fully saturated rings.